The second-order valence-electron chi connectivity index (χ2n) is 3.11. The maximum absolute atomic E-state index is 12.9. The van der Waals surface area contributed by atoms with Crippen LogP contribution in [-0.4, -0.2) is 19.2 Å². The number of carbonyl (C=O) groups excluding carboxylic acids is 1. The van der Waals surface area contributed by atoms with Crippen molar-refractivity contribution >= 4 is 5.91 Å². The standard InChI is InChI=1S/C10H10F3NO2/c1-16-9(8(14)15,10(11,12)13)7-5-3-2-4-6-7/h2-6H,1H3,(H2,14,15). The molecule has 1 aromatic rings. The topological polar surface area (TPSA) is 52.3 Å². The van der Waals surface area contributed by atoms with Crippen molar-refractivity contribution in [3.05, 3.63) is 35.9 Å². The van der Waals surface area contributed by atoms with Crippen molar-refractivity contribution in [3.63, 3.8) is 0 Å². The van der Waals surface area contributed by atoms with Crippen molar-refractivity contribution in [3.8, 4) is 0 Å². The van der Waals surface area contributed by atoms with Crippen molar-refractivity contribution < 1.29 is 22.7 Å². The molecule has 6 heteroatoms. The molecule has 0 aliphatic heterocycles. The number of hydrogen-bond acceptors (Lipinski definition) is 2. The maximum atomic E-state index is 12.9. The number of nitrogens with two attached hydrogens (primary N) is 1. The van der Waals surface area contributed by atoms with Crippen LogP contribution < -0.4 is 5.73 Å². The fraction of sp³-hybridized carbons (Fsp3) is 0.300. The molecule has 0 bridgehead atoms. The molecular weight excluding hydrogens is 223 g/mol. The van der Waals surface area contributed by atoms with Gasteiger partial charge in [-0.15, -0.1) is 0 Å². The number of ether oxygens (including phenoxy) is 1. The van der Waals surface area contributed by atoms with Crippen LogP contribution in [0.2, 0.25) is 0 Å². The first-order chi connectivity index (χ1) is 7.36. The smallest absolute Gasteiger partial charge is 0.367 e. The van der Waals surface area contributed by atoms with Crippen LogP contribution in [0.1, 0.15) is 5.56 Å². The first-order valence-corrected chi connectivity index (χ1v) is 4.33. The number of primary amides is 1. The number of halogens is 3. The van der Waals surface area contributed by atoms with Crippen molar-refractivity contribution in [1.29, 1.82) is 0 Å². The monoisotopic (exact) mass is 233 g/mol. The Labute approximate surface area is 90.0 Å². The van der Waals surface area contributed by atoms with Crippen LogP contribution in [-0.2, 0) is 15.1 Å². The highest BCUT2D eigenvalue weighted by atomic mass is 19.4. The van der Waals surface area contributed by atoms with Gasteiger partial charge in [0.15, 0.2) is 0 Å². The summed E-state index contributed by atoms with van der Waals surface area (Å²) in [4.78, 5) is 11.1. The van der Waals surface area contributed by atoms with E-state index in [9.17, 15) is 18.0 Å². The second-order valence-corrected chi connectivity index (χ2v) is 3.11. The fourth-order valence-electron chi connectivity index (χ4n) is 1.45. The molecule has 1 aromatic carbocycles. The Balaban J connectivity index is 3.42. The van der Waals surface area contributed by atoms with Gasteiger partial charge in [0.05, 0.1) is 0 Å². The average Bonchev–Trinajstić information content (AvgIpc) is 2.18. The molecule has 0 aliphatic carbocycles. The third kappa shape index (κ3) is 1.76. The molecule has 88 valence electrons. The van der Waals surface area contributed by atoms with Gasteiger partial charge in [0, 0.05) is 12.7 Å². The van der Waals surface area contributed by atoms with Crippen molar-refractivity contribution in [2.75, 3.05) is 7.11 Å². The molecule has 1 amide bonds. The molecule has 0 heterocycles. The van der Waals surface area contributed by atoms with Gasteiger partial charge in [-0.05, 0) is 0 Å². The lowest BCUT2D eigenvalue weighted by atomic mass is 9.92. The number of carbonyl (C=O) groups is 1. The molecule has 1 rings (SSSR count). The van der Waals surface area contributed by atoms with Crippen LogP contribution in [0.15, 0.2) is 30.3 Å². The second kappa shape index (κ2) is 4.13. The predicted octanol–water partition coefficient (Wildman–Crippen LogP) is 1.58. The zero-order valence-electron chi connectivity index (χ0n) is 8.41. The highest BCUT2D eigenvalue weighted by molar-refractivity contribution is 5.86. The first kappa shape index (κ1) is 12.5. The van der Waals surface area contributed by atoms with Crippen LogP contribution in [0.3, 0.4) is 0 Å². The zero-order valence-corrected chi connectivity index (χ0v) is 8.41. The summed E-state index contributed by atoms with van der Waals surface area (Å²) in [6.07, 6.45) is -4.91. The molecule has 0 aliphatic rings. The molecule has 0 saturated carbocycles. The third-order valence-corrected chi connectivity index (χ3v) is 2.23. The molecular formula is C10H10F3NO2. The first-order valence-electron chi connectivity index (χ1n) is 4.33. The lowest BCUT2D eigenvalue weighted by molar-refractivity contribution is -0.264. The van der Waals surface area contributed by atoms with Crippen molar-refractivity contribution in [2.24, 2.45) is 5.73 Å². The maximum Gasteiger partial charge on any atom is 0.430 e. The number of benzene rings is 1. The summed E-state index contributed by atoms with van der Waals surface area (Å²) in [6.45, 7) is 0. The molecule has 2 N–H and O–H groups in total. The van der Waals surface area contributed by atoms with E-state index in [4.69, 9.17) is 5.73 Å². The average molecular weight is 233 g/mol. The van der Waals surface area contributed by atoms with Crippen molar-refractivity contribution in [1.82, 2.24) is 0 Å². The molecule has 0 saturated heterocycles. The highest BCUT2D eigenvalue weighted by Gasteiger charge is 2.61. The highest BCUT2D eigenvalue weighted by Crippen LogP contribution is 2.41. The summed E-state index contributed by atoms with van der Waals surface area (Å²) in [6, 6.07) is 6.56. The van der Waals surface area contributed by atoms with Gasteiger partial charge >= 0.3 is 6.18 Å². The normalized spacial score (nSPS) is 15.5. The SMILES string of the molecule is COC(C(N)=O)(c1ccccc1)C(F)(F)F. The molecule has 1 atom stereocenters. The largest absolute Gasteiger partial charge is 0.430 e. The quantitative estimate of drug-likeness (QED) is 0.861. The van der Waals surface area contributed by atoms with E-state index in [-0.39, 0.29) is 5.56 Å². The Bertz CT molecular complexity index is 377. The summed E-state index contributed by atoms with van der Waals surface area (Å²) in [7, 11) is 0.797. The molecule has 1 unspecified atom stereocenters. The van der Waals surface area contributed by atoms with Gasteiger partial charge in [-0.25, -0.2) is 0 Å². The van der Waals surface area contributed by atoms with Gasteiger partial charge in [0.25, 0.3) is 11.5 Å². The van der Waals surface area contributed by atoms with Crippen LogP contribution in [0, 0.1) is 0 Å². The molecule has 3 nitrogen and oxygen atoms in total. The van der Waals surface area contributed by atoms with Gasteiger partial charge in [-0.3, -0.25) is 4.79 Å². The zero-order chi connectivity index (χ0) is 12.4. The van der Waals surface area contributed by atoms with E-state index in [0.717, 1.165) is 19.2 Å². The number of hydrogen-bond donors (Lipinski definition) is 1. The fourth-order valence-corrected chi connectivity index (χ4v) is 1.45. The summed E-state index contributed by atoms with van der Waals surface area (Å²) in [5.41, 5.74) is 1.39. The number of rotatable bonds is 3. The number of methoxy groups -OCH3 is 1. The Kier molecular flexibility index (Phi) is 3.23. The van der Waals surface area contributed by atoms with Gasteiger partial charge in [0.2, 0.25) is 0 Å². The summed E-state index contributed by atoms with van der Waals surface area (Å²) < 4.78 is 43.0. The summed E-state index contributed by atoms with van der Waals surface area (Å²) >= 11 is 0. The minimum atomic E-state index is -4.91. The van der Waals surface area contributed by atoms with Gasteiger partial charge < -0.3 is 10.5 Å². The Morgan fingerprint density at radius 1 is 1.25 bits per heavy atom. The third-order valence-electron chi connectivity index (χ3n) is 2.23. The van der Waals surface area contributed by atoms with Crippen LogP contribution in [0.25, 0.3) is 0 Å². The minimum Gasteiger partial charge on any atom is -0.367 e. The van der Waals surface area contributed by atoms with E-state index >= 15 is 0 Å². The Morgan fingerprint density at radius 3 is 2.06 bits per heavy atom. The summed E-state index contributed by atoms with van der Waals surface area (Å²) in [5.74, 6) is -1.59. The van der Waals surface area contributed by atoms with Gasteiger partial charge in [0.1, 0.15) is 0 Å². The van der Waals surface area contributed by atoms with Gasteiger partial charge in [-0.2, -0.15) is 13.2 Å². The van der Waals surface area contributed by atoms with E-state index < -0.39 is 17.7 Å². The lowest BCUT2D eigenvalue weighted by Gasteiger charge is -2.31. The van der Waals surface area contributed by atoms with E-state index in [0.29, 0.717) is 0 Å². The van der Waals surface area contributed by atoms with Gasteiger partial charge in [-0.1, -0.05) is 30.3 Å². The Morgan fingerprint density at radius 2 is 1.75 bits per heavy atom. The van der Waals surface area contributed by atoms with Crippen LogP contribution in [0.5, 0.6) is 0 Å². The molecule has 0 radical (unpaired) electrons. The molecule has 0 fully saturated rings. The number of alkyl halides is 3. The molecule has 16 heavy (non-hydrogen) atoms. The lowest BCUT2D eigenvalue weighted by Crippen LogP contribution is -2.54. The van der Waals surface area contributed by atoms with E-state index in [1.807, 2.05) is 0 Å². The number of amides is 1. The van der Waals surface area contributed by atoms with E-state index in [1.165, 1.54) is 18.2 Å². The minimum absolute atomic E-state index is 0.336. The molecule has 0 aromatic heterocycles. The van der Waals surface area contributed by atoms with E-state index in [1.54, 1.807) is 0 Å². The van der Waals surface area contributed by atoms with Crippen LogP contribution >= 0.6 is 0 Å². The van der Waals surface area contributed by atoms with Crippen molar-refractivity contribution in [2.45, 2.75) is 11.8 Å². The van der Waals surface area contributed by atoms with E-state index in [2.05, 4.69) is 4.74 Å². The molecule has 0 spiro atoms. The predicted molar refractivity (Wildman–Crippen MR) is 50.4 cm³/mol. The summed E-state index contributed by atoms with van der Waals surface area (Å²) in [5, 5.41) is 0. The van der Waals surface area contributed by atoms with Crippen LogP contribution in [0.4, 0.5) is 13.2 Å². The Hall–Kier alpha value is -1.56.